The Balaban J connectivity index is 2.13. The van der Waals surface area contributed by atoms with Gasteiger partial charge in [-0.1, -0.05) is 24.6 Å². The number of anilines is 1. The van der Waals surface area contributed by atoms with Crippen LogP contribution in [0.15, 0.2) is 30.3 Å². The van der Waals surface area contributed by atoms with E-state index in [0.29, 0.717) is 12.2 Å². The van der Waals surface area contributed by atoms with Crippen molar-refractivity contribution in [2.24, 2.45) is 0 Å². The van der Waals surface area contributed by atoms with Crippen molar-refractivity contribution in [2.75, 3.05) is 11.3 Å². The van der Waals surface area contributed by atoms with Gasteiger partial charge in [-0.05, 0) is 31.9 Å². The van der Waals surface area contributed by atoms with E-state index in [-0.39, 0.29) is 6.04 Å². The first kappa shape index (κ1) is 12.4. The molecule has 0 bridgehead atoms. The number of piperidine rings is 1. The van der Waals surface area contributed by atoms with Gasteiger partial charge >= 0.3 is 10.2 Å². The molecular weight excluding hydrogens is 236 g/mol. The molecule has 0 spiro atoms. The predicted octanol–water partition coefficient (Wildman–Crippen LogP) is 2.22. The average molecular weight is 254 g/mol. The standard InChI is InChI=1S/C12H18N2O2S/c1-11-7-5-6-10-14(11)17(15,16)13-12-8-3-2-4-9-12/h2-4,8-9,11,13H,5-7,10H2,1H3. The molecule has 1 aliphatic heterocycles. The maximum atomic E-state index is 12.2. The molecule has 0 amide bonds. The summed E-state index contributed by atoms with van der Waals surface area (Å²) in [6, 6.07) is 9.10. The van der Waals surface area contributed by atoms with Crippen molar-refractivity contribution < 1.29 is 8.42 Å². The topological polar surface area (TPSA) is 49.4 Å². The van der Waals surface area contributed by atoms with E-state index in [9.17, 15) is 8.42 Å². The Bertz CT molecular complexity index is 459. The van der Waals surface area contributed by atoms with Crippen LogP contribution in [0.5, 0.6) is 0 Å². The lowest BCUT2D eigenvalue weighted by Gasteiger charge is -2.32. The first-order valence-corrected chi connectivity index (χ1v) is 7.38. The molecule has 1 N–H and O–H groups in total. The maximum absolute atomic E-state index is 12.2. The normalized spacial score (nSPS) is 22.3. The van der Waals surface area contributed by atoms with Crippen molar-refractivity contribution in [3.63, 3.8) is 0 Å². The van der Waals surface area contributed by atoms with Crippen LogP contribution in [0.25, 0.3) is 0 Å². The average Bonchev–Trinajstić information content (AvgIpc) is 2.30. The maximum Gasteiger partial charge on any atom is 0.301 e. The predicted molar refractivity (Wildman–Crippen MR) is 69.0 cm³/mol. The molecule has 0 aromatic heterocycles. The second-order valence-electron chi connectivity index (χ2n) is 4.43. The molecular formula is C12H18N2O2S. The van der Waals surface area contributed by atoms with Gasteiger partial charge in [-0.15, -0.1) is 0 Å². The summed E-state index contributed by atoms with van der Waals surface area (Å²) in [5.74, 6) is 0. The smallest absolute Gasteiger partial charge is 0.271 e. The molecule has 2 rings (SSSR count). The fourth-order valence-electron chi connectivity index (χ4n) is 2.14. The van der Waals surface area contributed by atoms with Crippen LogP contribution in [0.1, 0.15) is 26.2 Å². The summed E-state index contributed by atoms with van der Waals surface area (Å²) in [5.41, 5.74) is 0.616. The van der Waals surface area contributed by atoms with Crippen LogP contribution in [-0.4, -0.2) is 25.3 Å². The zero-order valence-corrected chi connectivity index (χ0v) is 10.8. The van der Waals surface area contributed by atoms with Crippen LogP contribution < -0.4 is 4.72 Å². The molecule has 94 valence electrons. The zero-order chi connectivity index (χ0) is 12.3. The number of hydrogen-bond donors (Lipinski definition) is 1. The summed E-state index contributed by atoms with van der Waals surface area (Å²) in [5, 5.41) is 0. The van der Waals surface area contributed by atoms with Gasteiger partial charge in [0.2, 0.25) is 0 Å². The molecule has 1 unspecified atom stereocenters. The van der Waals surface area contributed by atoms with Gasteiger partial charge < -0.3 is 0 Å². The molecule has 1 fully saturated rings. The highest BCUT2D eigenvalue weighted by Gasteiger charge is 2.29. The number of nitrogens with one attached hydrogen (secondary N) is 1. The van der Waals surface area contributed by atoms with E-state index in [2.05, 4.69) is 4.72 Å². The van der Waals surface area contributed by atoms with Gasteiger partial charge in [-0.2, -0.15) is 12.7 Å². The van der Waals surface area contributed by atoms with E-state index < -0.39 is 10.2 Å². The minimum atomic E-state index is -3.40. The number of rotatable bonds is 3. The molecule has 0 radical (unpaired) electrons. The quantitative estimate of drug-likeness (QED) is 0.899. The second kappa shape index (κ2) is 5.06. The van der Waals surface area contributed by atoms with Crippen molar-refractivity contribution in [1.82, 2.24) is 4.31 Å². The van der Waals surface area contributed by atoms with Gasteiger partial charge in [0.15, 0.2) is 0 Å². The first-order chi connectivity index (χ1) is 8.09. The summed E-state index contributed by atoms with van der Waals surface area (Å²) in [4.78, 5) is 0. The Morgan fingerprint density at radius 2 is 1.94 bits per heavy atom. The molecule has 1 saturated heterocycles. The number of benzene rings is 1. The molecule has 5 heteroatoms. The SMILES string of the molecule is CC1CCCCN1S(=O)(=O)Nc1ccccc1. The van der Waals surface area contributed by atoms with Gasteiger partial charge in [-0.25, -0.2) is 0 Å². The van der Waals surface area contributed by atoms with Crippen LogP contribution in [0.3, 0.4) is 0 Å². The van der Waals surface area contributed by atoms with E-state index in [0.717, 1.165) is 19.3 Å². The zero-order valence-electron chi connectivity index (χ0n) is 9.96. The number of hydrogen-bond acceptors (Lipinski definition) is 2. The van der Waals surface area contributed by atoms with Crippen LogP contribution in [0.2, 0.25) is 0 Å². The van der Waals surface area contributed by atoms with Gasteiger partial charge in [0.05, 0.1) is 0 Å². The largest absolute Gasteiger partial charge is 0.301 e. The van der Waals surface area contributed by atoms with Crippen molar-refractivity contribution in [3.8, 4) is 0 Å². The molecule has 17 heavy (non-hydrogen) atoms. The third-order valence-corrected chi connectivity index (χ3v) is 4.72. The minimum absolute atomic E-state index is 0.0879. The second-order valence-corrected chi connectivity index (χ2v) is 6.05. The van der Waals surface area contributed by atoms with E-state index in [1.807, 2.05) is 25.1 Å². The third kappa shape index (κ3) is 2.98. The Kier molecular flexibility index (Phi) is 3.69. The van der Waals surface area contributed by atoms with Crippen LogP contribution in [0.4, 0.5) is 5.69 Å². The number of para-hydroxylation sites is 1. The van der Waals surface area contributed by atoms with Gasteiger partial charge in [0, 0.05) is 18.3 Å². The monoisotopic (exact) mass is 254 g/mol. The molecule has 1 aromatic rings. The van der Waals surface area contributed by atoms with E-state index >= 15 is 0 Å². The Labute approximate surface area is 103 Å². The summed E-state index contributed by atoms with van der Waals surface area (Å²) >= 11 is 0. The molecule has 4 nitrogen and oxygen atoms in total. The van der Waals surface area contributed by atoms with Gasteiger partial charge in [0.1, 0.15) is 0 Å². The highest BCUT2D eigenvalue weighted by molar-refractivity contribution is 7.90. The Morgan fingerprint density at radius 1 is 1.24 bits per heavy atom. The van der Waals surface area contributed by atoms with Crippen molar-refractivity contribution >= 4 is 15.9 Å². The lowest BCUT2D eigenvalue weighted by molar-refractivity contribution is 0.270. The molecule has 1 aliphatic rings. The van der Waals surface area contributed by atoms with Gasteiger partial charge in [0.25, 0.3) is 0 Å². The first-order valence-electron chi connectivity index (χ1n) is 5.94. The highest BCUT2D eigenvalue weighted by atomic mass is 32.2. The third-order valence-electron chi connectivity index (χ3n) is 3.07. The Hall–Kier alpha value is -1.07. The summed E-state index contributed by atoms with van der Waals surface area (Å²) in [7, 11) is -3.40. The van der Waals surface area contributed by atoms with Crippen LogP contribution >= 0.6 is 0 Å². The lowest BCUT2D eigenvalue weighted by atomic mass is 10.1. The fraction of sp³-hybridized carbons (Fsp3) is 0.500. The minimum Gasteiger partial charge on any atom is -0.271 e. The molecule has 0 aliphatic carbocycles. The van der Waals surface area contributed by atoms with Crippen molar-refractivity contribution in [2.45, 2.75) is 32.2 Å². The van der Waals surface area contributed by atoms with Gasteiger partial charge in [-0.3, -0.25) is 4.72 Å². The van der Waals surface area contributed by atoms with E-state index in [1.165, 1.54) is 0 Å². The fourth-order valence-corrected chi connectivity index (χ4v) is 3.64. The highest BCUT2D eigenvalue weighted by Crippen LogP contribution is 2.21. The molecule has 0 saturated carbocycles. The van der Waals surface area contributed by atoms with Crippen molar-refractivity contribution in [3.05, 3.63) is 30.3 Å². The van der Waals surface area contributed by atoms with Crippen LogP contribution in [0, 0.1) is 0 Å². The molecule has 1 atom stereocenters. The molecule has 1 aromatic carbocycles. The van der Waals surface area contributed by atoms with E-state index in [4.69, 9.17) is 0 Å². The summed E-state index contributed by atoms with van der Waals surface area (Å²) in [6.07, 6.45) is 2.99. The lowest BCUT2D eigenvalue weighted by Crippen LogP contribution is -2.44. The summed E-state index contributed by atoms with van der Waals surface area (Å²) in [6.45, 7) is 2.58. The molecule has 1 heterocycles. The number of nitrogens with zero attached hydrogens (tertiary/aromatic N) is 1. The summed E-state index contributed by atoms with van der Waals surface area (Å²) < 4.78 is 28.5. The van der Waals surface area contributed by atoms with Crippen molar-refractivity contribution in [1.29, 1.82) is 0 Å². The Morgan fingerprint density at radius 3 is 2.59 bits per heavy atom. The van der Waals surface area contributed by atoms with E-state index in [1.54, 1.807) is 16.4 Å². The van der Waals surface area contributed by atoms with Crippen LogP contribution in [-0.2, 0) is 10.2 Å².